The number of nitrogens with zero attached hydrogens (tertiary/aromatic N) is 2. The molecule has 2 aromatic carbocycles. The van der Waals surface area contributed by atoms with E-state index in [4.69, 9.17) is 13.9 Å². The van der Waals surface area contributed by atoms with Crippen LogP contribution in [0.2, 0.25) is 0 Å². The molecule has 32 heavy (non-hydrogen) atoms. The van der Waals surface area contributed by atoms with Gasteiger partial charge < -0.3 is 13.9 Å². The van der Waals surface area contributed by atoms with Crippen LogP contribution < -0.4 is 4.74 Å². The standard InChI is InChI=1S/C24H21BrN2O4S/c1-29-14-13-27-23(28)22(32-24(27)26-18-7-9-19(30-2)10-8-18)15-20-11-12-21(31-20)16-3-5-17(25)6-4-16/h3-12,15H,13-14H2,1-2H3/b22-15+,26-24?. The summed E-state index contributed by atoms with van der Waals surface area (Å²) in [6.45, 7) is 0.826. The third-order valence-electron chi connectivity index (χ3n) is 4.73. The molecule has 3 aromatic rings. The van der Waals surface area contributed by atoms with E-state index in [9.17, 15) is 4.79 Å². The van der Waals surface area contributed by atoms with Crippen LogP contribution in [0.5, 0.6) is 5.75 Å². The molecule has 0 saturated carbocycles. The third-order valence-corrected chi connectivity index (χ3v) is 6.27. The van der Waals surface area contributed by atoms with E-state index in [0.717, 1.165) is 27.2 Å². The van der Waals surface area contributed by atoms with Gasteiger partial charge in [-0.15, -0.1) is 0 Å². The second kappa shape index (κ2) is 10.2. The van der Waals surface area contributed by atoms with Crippen LogP contribution in [0.15, 0.2) is 79.5 Å². The Morgan fingerprint density at radius 1 is 1.06 bits per heavy atom. The Bertz CT molecular complexity index is 1150. The highest BCUT2D eigenvalue weighted by atomic mass is 79.9. The number of carbonyl (C=O) groups excluding carboxylic acids is 1. The smallest absolute Gasteiger partial charge is 0.266 e. The molecule has 0 atom stereocenters. The quantitative estimate of drug-likeness (QED) is 0.365. The van der Waals surface area contributed by atoms with Crippen LogP contribution in [0.4, 0.5) is 5.69 Å². The molecule has 4 rings (SSSR count). The molecule has 0 unspecified atom stereocenters. The van der Waals surface area contributed by atoms with Crippen molar-refractivity contribution in [3.8, 4) is 17.1 Å². The summed E-state index contributed by atoms with van der Waals surface area (Å²) in [5, 5.41) is 0.600. The van der Waals surface area contributed by atoms with E-state index in [2.05, 4.69) is 20.9 Å². The monoisotopic (exact) mass is 512 g/mol. The molecule has 1 fully saturated rings. The zero-order valence-electron chi connectivity index (χ0n) is 17.6. The number of carbonyl (C=O) groups is 1. The number of hydrogen-bond donors (Lipinski definition) is 0. The maximum atomic E-state index is 13.1. The number of thioether (sulfide) groups is 1. The molecule has 164 valence electrons. The summed E-state index contributed by atoms with van der Waals surface area (Å²) >= 11 is 4.76. The summed E-state index contributed by atoms with van der Waals surface area (Å²) < 4.78 is 17.3. The van der Waals surface area contributed by atoms with Crippen molar-refractivity contribution in [2.75, 3.05) is 27.4 Å². The highest BCUT2D eigenvalue weighted by Gasteiger charge is 2.33. The summed E-state index contributed by atoms with van der Waals surface area (Å²) in [6, 6.07) is 19.0. The van der Waals surface area contributed by atoms with Gasteiger partial charge in [-0.25, -0.2) is 4.99 Å². The molecular formula is C24H21BrN2O4S. The van der Waals surface area contributed by atoms with Crippen LogP contribution >= 0.6 is 27.7 Å². The number of amides is 1. The van der Waals surface area contributed by atoms with Crippen molar-refractivity contribution < 1.29 is 18.7 Å². The number of aliphatic imine (C=N–C) groups is 1. The number of furan rings is 1. The number of benzene rings is 2. The average molecular weight is 513 g/mol. The van der Waals surface area contributed by atoms with E-state index in [0.29, 0.717) is 29.0 Å². The zero-order valence-corrected chi connectivity index (χ0v) is 20.0. The summed E-state index contributed by atoms with van der Waals surface area (Å²) in [6.07, 6.45) is 1.76. The van der Waals surface area contributed by atoms with Gasteiger partial charge >= 0.3 is 0 Å². The number of ether oxygens (including phenoxy) is 2. The lowest BCUT2D eigenvalue weighted by atomic mass is 10.2. The molecule has 1 amide bonds. The Morgan fingerprint density at radius 2 is 1.81 bits per heavy atom. The predicted octanol–water partition coefficient (Wildman–Crippen LogP) is 5.97. The Hall–Kier alpha value is -2.81. The van der Waals surface area contributed by atoms with E-state index < -0.39 is 0 Å². The zero-order chi connectivity index (χ0) is 22.5. The fourth-order valence-electron chi connectivity index (χ4n) is 3.07. The van der Waals surface area contributed by atoms with Gasteiger partial charge in [0.25, 0.3) is 5.91 Å². The minimum absolute atomic E-state index is 0.124. The topological polar surface area (TPSA) is 64.3 Å². The lowest BCUT2D eigenvalue weighted by Gasteiger charge is -2.14. The van der Waals surface area contributed by atoms with Gasteiger partial charge in [0.2, 0.25) is 0 Å². The first kappa shape index (κ1) is 22.4. The second-order valence-electron chi connectivity index (χ2n) is 6.86. The van der Waals surface area contributed by atoms with Crippen molar-refractivity contribution in [1.82, 2.24) is 4.90 Å². The van der Waals surface area contributed by atoms with Crippen LogP contribution in [0.25, 0.3) is 17.4 Å². The normalized spacial score (nSPS) is 16.3. The lowest BCUT2D eigenvalue weighted by molar-refractivity contribution is -0.122. The highest BCUT2D eigenvalue weighted by Crippen LogP contribution is 2.35. The van der Waals surface area contributed by atoms with Crippen molar-refractivity contribution in [2.24, 2.45) is 4.99 Å². The molecule has 2 heterocycles. The van der Waals surface area contributed by atoms with Gasteiger partial charge in [-0.05, 0) is 60.3 Å². The Balaban J connectivity index is 1.60. The minimum Gasteiger partial charge on any atom is -0.497 e. The summed E-state index contributed by atoms with van der Waals surface area (Å²) in [5.74, 6) is 1.97. The minimum atomic E-state index is -0.124. The van der Waals surface area contributed by atoms with Crippen LogP contribution in [0, 0.1) is 0 Å². The van der Waals surface area contributed by atoms with Crippen LogP contribution in [-0.4, -0.2) is 43.3 Å². The van der Waals surface area contributed by atoms with Gasteiger partial charge in [-0.2, -0.15) is 0 Å². The summed E-state index contributed by atoms with van der Waals surface area (Å²) in [4.78, 5) is 19.9. The average Bonchev–Trinajstić information content (AvgIpc) is 3.38. The Labute approximate surface area is 199 Å². The van der Waals surface area contributed by atoms with Gasteiger partial charge in [0, 0.05) is 23.2 Å². The van der Waals surface area contributed by atoms with E-state index in [1.54, 1.807) is 25.2 Å². The number of methoxy groups -OCH3 is 2. The van der Waals surface area contributed by atoms with Gasteiger partial charge in [-0.3, -0.25) is 9.69 Å². The molecule has 1 saturated heterocycles. The Morgan fingerprint density at radius 3 is 2.50 bits per heavy atom. The van der Waals surface area contributed by atoms with E-state index in [1.807, 2.05) is 60.7 Å². The first-order valence-corrected chi connectivity index (χ1v) is 11.5. The van der Waals surface area contributed by atoms with Gasteiger partial charge in [-0.1, -0.05) is 28.1 Å². The van der Waals surface area contributed by atoms with Crippen molar-refractivity contribution in [3.63, 3.8) is 0 Å². The summed E-state index contributed by atoms with van der Waals surface area (Å²) in [5.41, 5.74) is 1.70. The molecule has 0 radical (unpaired) electrons. The van der Waals surface area contributed by atoms with Crippen LogP contribution in [0.1, 0.15) is 5.76 Å². The molecular weight excluding hydrogens is 492 g/mol. The Kier molecular flexibility index (Phi) is 7.14. The molecule has 8 heteroatoms. The first-order valence-electron chi connectivity index (χ1n) is 9.86. The maximum absolute atomic E-state index is 13.1. The van der Waals surface area contributed by atoms with E-state index in [-0.39, 0.29) is 5.91 Å². The number of amidine groups is 1. The van der Waals surface area contributed by atoms with Crippen molar-refractivity contribution in [3.05, 3.63) is 75.8 Å². The third kappa shape index (κ3) is 5.15. The number of hydrogen-bond acceptors (Lipinski definition) is 6. The van der Waals surface area contributed by atoms with E-state index in [1.165, 1.54) is 11.8 Å². The molecule has 1 aliphatic rings. The van der Waals surface area contributed by atoms with Gasteiger partial charge in [0.05, 0.1) is 30.9 Å². The van der Waals surface area contributed by atoms with Crippen LogP contribution in [-0.2, 0) is 9.53 Å². The fourth-order valence-corrected chi connectivity index (χ4v) is 4.34. The molecule has 0 aliphatic carbocycles. The SMILES string of the molecule is COCCN1C(=O)/C(=C\c2ccc(-c3ccc(Br)cc3)o2)SC1=Nc1ccc(OC)cc1. The predicted molar refractivity (Wildman–Crippen MR) is 131 cm³/mol. The van der Waals surface area contributed by atoms with Gasteiger partial charge in [0.1, 0.15) is 17.3 Å². The molecule has 6 nitrogen and oxygen atoms in total. The fraction of sp³-hybridized carbons (Fsp3) is 0.167. The van der Waals surface area contributed by atoms with Crippen molar-refractivity contribution >= 4 is 50.5 Å². The number of halogens is 1. The second-order valence-corrected chi connectivity index (χ2v) is 8.79. The largest absolute Gasteiger partial charge is 0.497 e. The van der Waals surface area contributed by atoms with E-state index >= 15 is 0 Å². The van der Waals surface area contributed by atoms with Crippen LogP contribution in [0.3, 0.4) is 0 Å². The molecule has 1 aliphatic heterocycles. The maximum Gasteiger partial charge on any atom is 0.266 e. The van der Waals surface area contributed by atoms with Gasteiger partial charge in [0.15, 0.2) is 5.17 Å². The molecule has 1 aromatic heterocycles. The molecule has 0 spiro atoms. The highest BCUT2D eigenvalue weighted by molar-refractivity contribution is 9.10. The van der Waals surface area contributed by atoms with Crippen molar-refractivity contribution in [2.45, 2.75) is 0 Å². The summed E-state index contributed by atoms with van der Waals surface area (Å²) in [7, 11) is 3.23. The van der Waals surface area contributed by atoms with Crippen molar-refractivity contribution in [1.29, 1.82) is 0 Å². The first-order chi connectivity index (χ1) is 15.6. The number of rotatable bonds is 7. The molecule has 0 N–H and O–H groups in total. The molecule has 0 bridgehead atoms. The lowest BCUT2D eigenvalue weighted by Crippen LogP contribution is -2.32.